The summed E-state index contributed by atoms with van der Waals surface area (Å²) in [7, 11) is 0. The van der Waals surface area contributed by atoms with Crippen molar-refractivity contribution < 1.29 is 0 Å². The number of rotatable bonds is 1. The SMILES string of the molecule is CCc1cc2c(cn1)CCCC2. The summed E-state index contributed by atoms with van der Waals surface area (Å²) >= 11 is 0. The van der Waals surface area contributed by atoms with Crippen LogP contribution in [0.15, 0.2) is 12.3 Å². The van der Waals surface area contributed by atoms with Gasteiger partial charge in [-0.05, 0) is 49.3 Å². The Morgan fingerprint density at radius 3 is 2.75 bits per heavy atom. The quantitative estimate of drug-likeness (QED) is 0.616. The number of hydrogen-bond acceptors (Lipinski definition) is 1. The monoisotopic (exact) mass is 161 g/mol. The summed E-state index contributed by atoms with van der Waals surface area (Å²) in [4.78, 5) is 4.41. The van der Waals surface area contributed by atoms with E-state index in [1.54, 1.807) is 5.56 Å². The maximum absolute atomic E-state index is 4.41. The molecule has 64 valence electrons. The zero-order valence-corrected chi connectivity index (χ0v) is 7.64. The second kappa shape index (κ2) is 3.26. The molecule has 1 aromatic rings. The molecule has 1 heteroatoms. The van der Waals surface area contributed by atoms with E-state index in [2.05, 4.69) is 24.2 Å². The van der Waals surface area contributed by atoms with E-state index in [1.165, 1.54) is 36.9 Å². The highest BCUT2D eigenvalue weighted by molar-refractivity contribution is 5.28. The molecule has 0 aromatic carbocycles. The van der Waals surface area contributed by atoms with Crippen LogP contribution in [0.4, 0.5) is 0 Å². The van der Waals surface area contributed by atoms with Crippen LogP contribution in [0.25, 0.3) is 0 Å². The van der Waals surface area contributed by atoms with Gasteiger partial charge in [-0.1, -0.05) is 6.92 Å². The molecule has 2 rings (SSSR count). The highest BCUT2D eigenvalue weighted by Crippen LogP contribution is 2.20. The van der Waals surface area contributed by atoms with Gasteiger partial charge in [-0.2, -0.15) is 0 Å². The second-order valence-electron chi connectivity index (χ2n) is 3.51. The van der Waals surface area contributed by atoms with Crippen molar-refractivity contribution in [1.29, 1.82) is 0 Å². The van der Waals surface area contributed by atoms with Crippen LogP contribution in [0.3, 0.4) is 0 Å². The number of nitrogens with zero attached hydrogens (tertiary/aromatic N) is 1. The summed E-state index contributed by atoms with van der Waals surface area (Å²) in [5, 5.41) is 0. The van der Waals surface area contributed by atoms with E-state index in [4.69, 9.17) is 0 Å². The van der Waals surface area contributed by atoms with Crippen LogP contribution in [-0.2, 0) is 19.3 Å². The summed E-state index contributed by atoms with van der Waals surface area (Å²) in [6.45, 7) is 2.16. The third-order valence-electron chi connectivity index (χ3n) is 2.64. The van der Waals surface area contributed by atoms with Gasteiger partial charge in [0.15, 0.2) is 0 Å². The molecule has 1 nitrogen and oxygen atoms in total. The molecule has 1 aliphatic rings. The lowest BCUT2D eigenvalue weighted by Crippen LogP contribution is -2.04. The number of aromatic nitrogens is 1. The normalized spacial score (nSPS) is 15.8. The lowest BCUT2D eigenvalue weighted by atomic mass is 9.93. The first-order chi connectivity index (χ1) is 5.90. The molecule has 0 aliphatic heterocycles. The lowest BCUT2D eigenvalue weighted by Gasteiger charge is -2.15. The fraction of sp³-hybridized carbons (Fsp3) is 0.545. The number of fused-ring (bicyclic) bond motifs is 1. The van der Waals surface area contributed by atoms with E-state index in [0.29, 0.717) is 0 Å². The average Bonchev–Trinajstić information content (AvgIpc) is 2.17. The summed E-state index contributed by atoms with van der Waals surface area (Å²) < 4.78 is 0. The molecule has 12 heavy (non-hydrogen) atoms. The molecule has 1 aliphatic carbocycles. The maximum Gasteiger partial charge on any atom is 0.0403 e. The molecule has 1 heterocycles. The van der Waals surface area contributed by atoms with Crippen molar-refractivity contribution in [3.8, 4) is 0 Å². The van der Waals surface area contributed by atoms with E-state index in [1.807, 2.05) is 0 Å². The van der Waals surface area contributed by atoms with Crippen molar-refractivity contribution in [2.24, 2.45) is 0 Å². The minimum absolute atomic E-state index is 1.06. The van der Waals surface area contributed by atoms with Gasteiger partial charge in [0.1, 0.15) is 0 Å². The van der Waals surface area contributed by atoms with E-state index >= 15 is 0 Å². The molecule has 0 saturated heterocycles. The van der Waals surface area contributed by atoms with Crippen LogP contribution in [-0.4, -0.2) is 4.98 Å². The van der Waals surface area contributed by atoms with Crippen LogP contribution in [0.5, 0.6) is 0 Å². The minimum Gasteiger partial charge on any atom is -0.261 e. The predicted octanol–water partition coefficient (Wildman–Crippen LogP) is 2.52. The van der Waals surface area contributed by atoms with Crippen LogP contribution in [0, 0.1) is 0 Å². The van der Waals surface area contributed by atoms with E-state index in [0.717, 1.165) is 6.42 Å². The van der Waals surface area contributed by atoms with Crippen molar-refractivity contribution in [2.45, 2.75) is 39.0 Å². The third kappa shape index (κ3) is 1.36. The van der Waals surface area contributed by atoms with Crippen molar-refractivity contribution in [3.05, 3.63) is 29.1 Å². The number of aryl methyl sites for hydroxylation is 3. The van der Waals surface area contributed by atoms with Crippen molar-refractivity contribution in [1.82, 2.24) is 4.98 Å². The largest absolute Gasteiger partial charge is 0.261 e. The molecule has 0 N–H and O–H groups in total. The van der Waals surface area contributed by atoms with Gasteiger partial charge in [0.25, 0.3) is 0 Å². The fourth-order valence-corrected chi connectivity index (χ4v) is 1.86. The molecule has 0 radical (unpaired) electrons. The van der Waals surface area contributed by atoms with Crippen molar-refractivity contribution in [2.75, 3.05) is 0 Å². The highest BCUT2D eigenvalue weighted by Gasteiger charge is 2.09. The Kier molecular flexibility index (Phi) is 2.11. The Morgan fingerprint density at radius 1 is 1.25 bits per heavy atom. The Balaban J connectivity index is 2.36. The Bertz CT molecular complexity index is 278. The zero-order chi connectivity index (χ0) is 8.39. The van der Waals surface area contributed by atoms with E-state index in [9.17, 15) is 0 Å². The molecule has 0 bridgehead atoms. The van der Waals surface area contributed by atoms with Crippen molar-refractivity contribution >= 4 is 0 Å². The first-order valence-corrected chi connectivity index (χ1v) is 4.87. The Morgan fingerprint density at radius 2 is 2.00 bits per heavy atom. The minimum atomic E-state index is 1.06. The summed E-state index contributed by atoms with van der Waals surface area (Å²) in [5.74, 6) is 0. The standard InChI is InChI=1S/C11H15N/c1-2-11-7-9-5-3-4-6-10(9)8-12-11/h7-8H,2-6H2,1H3. The highest BCUT2D eigenvalue weighted by atomic mass is 14.7. The topological polar surface area (TPSA) is 12.9 Å². The molecule has 0 spiro atoms. The third-order valence-corrected chi connectivity index (χ3v) is 2.64. The van der Waals surface area contributed by atoms with Crippen LogP contribution in [0.1, 0.15) is 36.6 Å². The number of pyridine rings is 1. The second-order valence-corrected chi connectivity index (χ2v) is 3.51. The Labute approximate surface area is 73.8 Å². The summed E-state index contributed by atoms with van der Waals surface area (Å²) in [6.07, 6.45) is 8.36. The molecule has 0 unspecified atom stereocenters. The first kappa shape index (κ1) is 7.78. The van der Waals surface area contributed by atoms with Gasteiger partial charge in [-0.3, -0.25) is 4.98 Å². The molecule has 0 saturated carbocycles. The smallest absolute Gasteiger partial charge is 0.0403 e. The zero-order valence-electron chi connectivity index (χ0n) is 7.64. The van der Waals surface area contributed by atoms with Gasteiger partial charge in [-0.15, -0.1) is 0 Å². The fourth-order valence-electron chi connectivity index (χ4n) is 1.86. The van der Waals surface area contributed by atoms with Gasteiger partial charge in [0, 0.05) is 11.9 Å². The van der Waals surface area contributed by atoms with Crippen molar-refractivity contribution in [3.63, 3.8) is 0 Å². The molecule has 0 amide bonds. The van der Waals surface area contributed by atoms with E-state index in [-0.39, 0.29) is 0 Å². The van der Waals surface area contributed by atoms with Crippen LogP contribution < -0.4 is 0 Å². The molecular formula is C11H15N. The Hall–Kier alpha value is -0.850. The summed E-state index contributed by atoms with van der Waals surface area (Å²) in [5.41, 5.74) is 4.28. The molecular weight excluding hydrogens is 146 g/mol. The van der Waals surface area contributed by atoms with Gasteiger partial charge in [-0.25, -0.2) is 0 Å². The molecule has 1 aromatic heterocycles. The van der Waals surface area contributed by atoms with E-state index < -0.39 is 0 Å². The van der Waals surface area contributed by atoms with Gasteiger partial charge in [0.05, 0.1) is 0 Å². The average molecular weight is 161 g/mol. The number of hydrogen-bond donors (Lipinski definition) is 0. The van der Waals surface area contributed by atoms with Crippen LogP contribution >= 0.6 is 0 Å². The summed E-state index contributed by atoms with van der Waals surface area (Å²) in [6, 6.07) is 2.29. The predicted molar refractivity (Wildman–Crippen MR) is 50.3 cm³/mol. The first-order valence-electron chi connectivity index (χ1n) is 4.87. The van der Waals surface area contributed by atoms with Gasteiger partial charge in [0.2, 0.25) is 0 Å². The van der Waals surface area contributed by atoms with Crippen LogP contribution in [0.2, 0.25) is 0 Å². The lowest BCUT2D eigenvalue weighted by molar-refractivity contribution is 0.679. The van der Waals surface area contributed by atoms with Gasteiger partial charge < -0.3 is 0 Å². The molecule has 0 atom stereocenters. The van der Waals surface area contributed by atoms with Gasteiger partial charge >= 0.3 is 0 Å². The maximum atomic E-state index is 4.41. The molecule has 0 fully saturated rings.